The Morgan fingerprint density at radius 2 is 2.14 bits per heavy atom. The van der Waals surface area contributed by atoms with Gasteiger partial charge in [-0.15, -0.1) is 0 Å². The normalized spacial score (nSPS) is 14.9. The van der Waals surface area contributed by atoms with Crippen LogP contribution in [0.25, 0.3) is 11.1 Å². The zero-order chi connectivity index (χ0) is 20.1. The van der Waals surface area contributed by atoms with Crippen molar-refractivity contribution in [3.8, 4) is 16.9 Å². The molecule has 0 atom stereocenters. The van der Waals surface area contributed by atoms with Crippen LogP contribution >= 0.6 is 0 Å². The van der Waals surface area contributed by atoms with E-state index in [0.717, 1.165) is 12.4 Å². The molecule has 3 heterocycles. The number of nitrogens with zero attached hydrogens (tertiary/aromatic N) is 3. The van der Waals surface area contributed by atoms with E-state index >= 15 is 0 Å². The average molecular weight is 382 g/mol. The largest absolute Gasteiger partial charge is 0.494 e. The van der Waals surface area contributed by atoms with E-state index in [0.29, 0.717) is 22.6 Å². The Bertz CT molecular complexity index is 1020. The molecule has 1 aliphatic rings. The number of amidine groups is 1. The molecular weight excluding hydrogens is 365 g/mol. The highest BCUT2D eigenvalue weighted by molar-refractivity contribution is 6.24. The molecule has 0 saturated heterocycles. The number of quaternary nitrogens is 1. The summed E-state index contributed by atoms with van der Waals surface area (Å²) in [5, 5.41) is 11.7. The molecule has 2 aromatic heterocycles. The summed E-state index contributed by atoms with van der Waals surface area (Å²) in [5.74, 6) is -1.26. The Kier molecular flexibility index (Phi) is 5.51. The molecule has 0 saturated carbocycles. The fraction of sp³-hybridized carbons (Fsp3) is 0.0556. The van der Waals surface area contributed by atoms with Crippen molar-refractivity contribution < 1.29 is 19.2 Å². The molecule has 1 aliphatic heterocycles. The molecule has 3 rings (SSSR count). The summed E-state index contributed by atoms with van der Waals surface area (Å²) in [6, 6.07) is 3.55. The molecular formula is C18H17FN7O2+. The van der Waals surface area contributed by atoms with Crippen LogP contribution in [0.1, 0.15) is 0 Å². The van der Waals surface area contributed by atoms with Crippen LogP contribution in [-0.2, 0) is 4.79 Å². The van der Waals surface area contributed by atoms with Gasteiger partial charge in [-0.05, 0) is 6.07 Å². The first-order chi connectivity index (χ1) is 13.5. The molecule has 0 aromatic carbocycles. The van der Waals surface area contributed by atoms with Gasteiger partial charge in [-0.1, -0.05) is 6.07 Å². The molecule has 9 nitrogen and oxygen atoms in total. The predicted molar refractivity (Wildman–Crippen MR) is 101 cm³/mol. The van der Waals surface area contributed by atoms with Crippen LogP contribution in [0.5, 0.6) is 5.75 Å². The van der Waals surface area contributed by atoms with Crippen LogP contribution in [0.3, 0.4) is 0 Å². The fourth-order valence-corrected chi connectivity index (χ4v) is 2.58. The number of allylic oxidation sites excluding steroid dienone is 1. The van der Waals surface area contributed by atoms with Gasteiger partial charge in [0.05, 0.1) is 37.0 Å². The van der Waals surface area contributed by atoms with Crippen molar-refractivity contribution in [1.29, 1.82) is 5.41 Å². The Morgan fingerprint density at radius 3 is 2.75 bits per heavy atom. The number of ether oxygens (including phenoxy) is 1. The number of carbonyl (C=O) groups excluding carboxylic acids is 1. The van der Waals surface area contributed by atoms with E-state index in [-0.39, 0.29) is 11.4 Å². The Morgan fingerprint density at radius 1 is 1.32 bits per heavy atom. The van der Waals surface area contributed by atoms with Crippen LogP contribution in [-0.4, -0.2) is 35.0 Å². The van der Waals surface area contributed by atoms with Gasteiger partial charge in [0.25, 0.3) is 5.91 Å². The third kappa shape index (κ3) is 3.91. The van der Waals surface area contributed by atoms with E-state index < -0.39 is 17.6 Å². The molecule has 1 amide bonds. The lowest BCUT2D eigenvalue weighted by Crippen LogP contribution is -2.77. The Balaban J connectivity index is 2.02. The molecule has 0 unspecified atom stereocenters. The number of nitrogens with two attached hydrogens (primary N) is 2. The minimum absolute atomic E-state index is 0.0742. The van der Waals surface area contributed by atoms with Gasteiger partial charge < -0.3 is 15.8 Å². The second-order valence-corrected chi connectivity index (χ2v) is 5.61. The predicted octanol–water partition coefficient (Wildman–Crippen LogP) is 0.697. The topological polar surface area (TPSA) is 143 Å². The number of aromatic nitrogens is 2. The number of hydrogen-bond donors (Lipinski definition) is 4. The van der Waals surface area contributed by atoms with Crippen molar-refractivity contribution in [1.82, 2.24) is 9.97 Å². The van der Waals surface area contributed by atoms with Gasteiger partial charge in [0.15, 0.2) is 11.4 Å². The second-order valence-electron chi connectivity index (χ2n) is 5.61. The van der Waals surface area contributed by atoms with Crippen LogP contribution in [0.2, 0.25) is 0 Å². The molecule has 6 N–H and O–H groups in total. The maximum atomic E-state index is 13.1. The summed E-state index contributed by atoms with van der Waals surface area (Å²) in [7, 11) is 1.48. The molecule has 0 aliphatic carbocycles. The van der Waals surface area contributed by atoms with Crippen molar-refractivity contribution in [2.24, 2.45) is 10.7 Å². The number of amides is 1. The van der Waals surface area contributed by atoms with Crippen molar-refractivity contribution in [3.63, 3.8) is 0 Å². The molecule has 0 bridgehead atoms. The van der Waals surface area contributed by atoms with E-state index in [1.807, 2.05) is 0 Å². The third-order valence-electron chi connectivity index (χ3n) is 3.81. The molecule has 28 heavy (non-hydrogen) atoms. The van der Waals surface area contributed by atoms with Crippen LogP contribution in [0, 0.1) is 5.41 Å². The molecule has 0 fully saturated rings. The zero-order valence-corrected chi connectivity index (χ0v) is 14.8. The van der Waals surface area contributed by atoms with Crippen molar-refractivity contribution in [3.05, 3.63) is 60.3 Å². The van der Waals surface area contributed by atoms with Gasteiger partial charge in [-0.25, -0.2) is 4.99 Å². The van der Waals surface area contributed by atoms with Crippen molar-refractivity contribution in [2.45, 2.75) is 0 Å². The summed E-state index contributed by atoms with van der Waals surface area (Å²) >= 11 is 0. The smallest absolute Gasteiger partial charge is 0.267 e. The van der Waals surface area contributed by atoms with Crippen molar-refractivity contribution >= 4 is 23.6 Å². The number of carbonyl (C=O) groups is 1. The standard InChI is InChI=1S/C18H16FN7O2/c1-28-13-9-23-8-12(14(13)10-3-2-4-22-5-10)26-18(27)15(16(20)21)17-24-6-11(19)7-25-17/h2-9,24H,1H3,(H3,20,21)(H,26,27)/p+1/b17-15-. The highest BCUT2D eigenvalue weighted by atomic mass is 19.1. The number of pyridine rings is 2. The molecule has 2 aromatic rings. The molecule has 0 radical (unpaired) electrons. The lowest BCUT2D eigenvalue weighted by Gasteiger charge is -2.15. The first kappa shape index (κ1) is 18.9. The first-order valence-corrected chi connectivity index (χ1v) is 8.08. The monoisotopic (exact) mass is 382 g/mol. The highest BCUT2D eigenvalue weighted by Gasteiger charge is 2.25. The van der Waals surface area contributed by atoms with E-state index in [9.17, 15) is 9.18 Å². The number of halogens is 1. The van der Waals surface area contributed by atoms with E-state index in [2.05, 4.69) is 20.3 Å². The van der Waals surface area contributed by atoms with E-state index in [1.165, 1.54) is 24.8 Å². The fourth-order valence-electron chi connectivity index (χ4n) is 2.58. The average Bonchev–Trinajstić information content (AvgIpc) is 2.70. The quantitative estimate of drug-likeness (QED) is 0.342. The van der Waals surface area contributed by atoms with E-state index in [1.54, 1.807) is 24.5 Å². The number of methoxy groups -OCH3 is 1. The van der Waals surface area contributed by atoms with Crippen LogP contribution < -0.4 is 21.1 Å². The maximum Gasteiger partial charge on any atom is 0.267 e. The summed E-state index contributed by atoms with van der Waals surface area (Å²) in [6.07, 6.45) is 8.27. The summed E-state index contributed by atoms with van der Waals surface area (Å²) in [6.45, 7) is 0. The molecule has 0 spiro atoms. The first-order valence-electron chi connectivity index (χ1n) is 8.08. The molecule has 142 valence electrons. The number of nitrogens with one attached hydrogen (secondary N) is 2. The lowest BCUT2D eigenvalue weighted by atomic mass is 10.1. The number of anilines is 1. The summed E-state index contributed by atoms with van der Waals surface area (Å²) in [4.78, 5) is 24.8. The van der Waals surface area contributed by atoms with Gasteiger partial charge in [0, 0.05) is 18.0 Å². The van der Waals surface area contributed by atoms with Gasteiger partial charge in [0.1, 0.15) is 17.8 Å². The Labute approximate surface area is 159 Å². The van der Waals surface area contributed by atoms with Gasteiger partial charge in [-0.3, -0.25) is 25.5 Å². The summed E-state index contributed by atoms with van der Waals surface area (Å²) < 4.78 is 18.5. The maximum absolute atomic E-state index is 13.1. The zero-order valence-electron chi connectivity index (χ0n) is 14.8. The van der Waals surface area contributed by atoms with Gasteiger partial charge in [-0.2, -0.15) is 4.39 Å². The lowest BCUT2D eigenvalue weighted by molar-refractivity contribution is -0.538. The minimum Gasteiger partial charge on any atom is -0.494 e. The highest BCUT2D eigenvalue weighted by Crippen LogP contribution is 2.35. The van der Waals surface area contributed by atoms with Crippen LogP contribution in [0.4, 0.5) is 10.1 Å². The van der Waals surface area contributed by atoms with Crippen molar-refractivity contribution in [2.75, 3.05) is 12.4 Å². The SMILES string of the molecule is COc1cncc(NC(=O)/C(C(=N)N)=C2\N=CC(F)=C[NH2+]2)c1-c1cccnc1. The van der Waals surface area contributed by atoms with E-state index in [4.69, 9.17) is 15.9 Å². The summed E-state index contributed by atoms with van der Waals surface area (Å²) in [5.41, 5.74) is 6.96. The molecule has 10 heteroatoms. The Hall–Kier alpha value is -3.92. The third-order valence-corrected chi connectivity index (χ3v) is 3.81. The number of aliphatic imine (C=N–C) groups is 1. The van der Waals surface area contributed by atoms with Gasteiger partial charge in [0.2, 0.25) is 5.82 Å². The second kappa shape index (κ2) is 8.18. The van der Waals surface area contributed by atoms with Crippen LogP contribution in [0.15, 0.2) is 65.3 Å². The number of rotatable bonds is 5. The van der Waals surface area contributed by atoms with Gasteiger partial charge >= 0.3 is 0 Å². The number of hydrogen-bond acceptors (Lipinski definition) is 6. The minimum atomic E-state index is -0.688.